The molecule has 0 saturated heterocycles. The van der Waals surface area contributed by atoms with Crippen molar-refractivity contribution in [3.8, 4) is 5.75 Å². The van der Waals surface area contributed by atoms with Crippen molar-refractivity contribution in [3.63, 3.8) is 0 Å². The zero-order valence-electron chi connectivity index (χ0n) is 18.7. The van der Waals surface area contributed by atoms with Crippen molar-refractivity contribution in [1.82, 2.24) is 10.2 Å². The summed E-state index contributed by atoms with van der Waals surface area (Å²) in [7, 11) is 0. The largest absolute Gasteiger partial charge is 0.486 e. The Morgan fingerprint density at radius 2 is 1.97 bits per heavy atom. The van der Waals surface area contributed by atoms with E-state index in [1.165, 1.54) is 0 Å². The molecule has 0 bridgehead atoms. The van der Waals surface area contributed by atoms with Gasteiger partial charge < -0.3 is 25.2 Å². The van der Waals surface area contributed by atoms with E-state index in [2.05, 4.69) is 12.2 Å². The van der Waals surface area contributed by atoms with Gasteiger partial charge in [-0.05, 0) is 31.4 Å². The Bertz CT molecular complexity index is 864. The van der Waals surface area contributed by atoms with Crippen LogP contribution in [0.4, 0.5) is 0 Å². The monoisotopic (exact) mass is 442 g/mol. The smallest absolute Gasteiger partial charge is 0.247 e. The fourth-order valence-electron chi connectivity index (χ4n) is 5.41. The number of rotatable bonds is 8. The molecule has 3 N–H and O–H groups in total. The van der Waals surface area contributed by atoms with E-state index in [1.54, 1.807) is 6.08 Å². The highest BCUT2D eigenvalue weighted by atomic mass is 16.5. The summed E-state index contributed by atoms with van der Waals surface area (Å²) in [5.41, 5.74) is 1.36. The zero-order chi connectivity index (χ0) is 22.7. The maximum Gasteiger partial charge on any atom is 0.247 e. The van der Waals surface area contributed by atoms with Crippen LogP contribution >= 0.6 is 0 Å². The predicted molar refractivity (Wildman–Crippen MR) is 120 cm³/mol. The van der Waals surface area contributed by atoms with Gasteiger partial charge in [0.05, 0.1) is 18.6 Å². The maximum atomic E-state index is 13.3. The van der Waals surface area contributed by atoms with E-state index in [9.17, 15) is 19.8 Å². The lowest BCUT2D eigenvalue weighted by Crippen LogP contribution is -2.58. The Morgan fingerprint density at radius 1 is 1.22 bits per heavy atom. The van der Waals surface area contributed by atoms with Gasteiger partial charge in [-0.3, -0.25) is 9.59 Å². The summed E-state index contributed by atoms with van der Waals surface area (Å²) in [5, 5.41) is 23.4. The van der Waals surface area contributed by atoms with E-state index in [0.717, 1.165) is 44.1 Å². The minimum Gasteiger partial charge on any atom is -0.486 e. The molecule has 1 aromatic carbocycles. The average Bonchev–Trinajstić information content (AvgIpc) is 3.46. The van der Waals surface area contributed by atoms with Crippen LogP contribution in [0.25, 0.3) is 0 Å². The molecule has 1 saturated carbocycles. The number of carbonyl (C=O) groups is 2. The van der Waals surface area contributed by atoms with Crippen LogP contribution in [0.1, 0.15) is 63.4 Å². The molecule has 2 aliphatic carbocycles. The van der Waals surface area contributed by atoms with Crippen LogP contribution in [-0.4, -0.2) is 64.4 Å². The first-order valence-corrected chi connectivity index (χ1v) is 11.9. The van der Waals surface area contributed by atoms with Gasteiger partial charge in [0.2, 0.25) is 11.8 Å². The van der Waals surface area contributed by atoms with Gasteiger partial charge in [0.25, 0.3) is 0 Å². The molecule has 1 fully saturated rings. The van der Waals surface area contributed by atoms with E-state index in [1.807, 2.05) is 29.2 Å². The molecule has 3 aliphatic rings. The number of fused-ring (bicyclic) bond motifs is 3. The molecule has 4 unspecified atom stereocenters. The summed E-state index contributed by atoms with van der Waals surface area (Å²) in [6, 6.07) is 6.98. The summed E-state index contributed by atoms with van der Waals surface area (Å²) < 4.78 is 6.15. The van der Waals surface area contributed by atoms with Crippen molar-refractivity contribution in [1.29, 1.82) is 0 Å². The molecule has 0 spiro atoms. The second kappa shape index (κ2) is 10.0. The van der Waals surface area contributed by atoms with Crippen molar-refractivity contribution in [3.05, 3.63) is 41.5 Å². The summed E-state index contributed by atoms with van der Waals surface area (Å²) in [4.78, 5) is 28.3. The van der Waals surface area contributed by atoms with Crippen molar-refractivity contribution in [2.24, 2.45) is 0 Å². The average molecular weight is 443 g/mol. The summed E-state index contributed by atoms with van der Waals surface area (Å²) in [6.07, 6.45) is 6.31. The van der Waals surface area contributed by atoms with E-state index >= 15 is 0 Å². The molecule has 0 radical (unpaired) electrons. The quantitative estimate of drug-likeness (QED) is 0.574. The van der Waals surface area contributed by atoms with Gasteiger partial charge in [0.15, 0.2) is 0 Å². The second-order valence-electron chi connectivity index (χ2n) is 9.02. The van der Waals surface area contributed by atoms with Crippen molar-refractivity contribution < 1.29 is 24.5 Å². The van der Waals surface area contributed by atoms with Crippen LogP contribution in [0.3, 0.4) is 0 Å². The minimum atomic E-state index is -0.937. The fourth-order valence-corrected chi connectivity index (χ4v) is 5.41. The number of nitrogens with zero attached hydrogens (tertiary/aromatic N) is 1. The van der Waals surface area contributed by atoms with E-state index < -0.39 is 24.2 Å². The highest BCUT2D eigenvalue weighted by Crippen LogP contribution is 2.47. The molecule has 174 valence electrons. The number of ether oxygens (including phenoxy) is 1. The normalized spacial score (nSPS) is 26.7. The van der Waals surface area contributed by atoms with Gasteiger partial charge in [-0.2, -0.15) is 0 Å². The standard InChI is InChI=1S/C25H34N2O5/c1-2-3-12-21(29)27(16-8-4-5-9-16)19-15-18(25(31)26-13-14-28)22-17-10-6-7-11-20(17)32-24(22)23(19)30/h6-7,10-11,15-16,19,22-24,28,30H,2-5,8-9,12-14H2,1H3,(H,26,31). The van der Waals surface area contributed by atoms with Gasteiger partial charge in [-0.15, -0.1) is 0 Å². The number of carbonyl (C=O) groups excluding carboxylic acids is 2. The Hall–Kier alpha value is -2.38. The topological polar surface area (TPSA) is 99.1 Å². The molecule has 0 aromatic heterocycles. The number of amides is 2. The first-order valence-electron chi connectivity index (χ1n) is 11.9. The highest BCUT2D eigenvalue weighted by molar-refractivity contribution is 5.96. The number of benzene rings is 1. The van der Waals surface area contributed by atoms with E-state index in [0.29, 0.717) is 17.7 Å². The Labute approximate surface area is 189 Å². The highest BCUT2D eigenvalue weighted by Gasteiger charge is 2.51. The van der Waals surface area contributed by atoms with Gasteiger partial charge in [0.1, 0.15) is 18.0 Å². The third kappa shape index (κ3) is 4.28. The lowest BCUT2D eigenvalue weighted by Gasteiger charge is -2.43. The molecule has 1 aromatic rings. The van der Waals surface area contributed by atoms with Gasteiger partial charge in [-0.25, -0.2) is 0 Å². The molecule has 4 atom stereocenters. The number of hydrogen-bond acceptors (Lipinski definition) is 5. The Morgan fingerprint density at radius 3 is 2.69 bits per heavy atom. The van der Waals surface area contributed by atoms with Gasteiger partial charge >= 0.3 is 0 Å². The SMILES string of the molecule is CCCCC(=O)N(C1CCCC1)C1C=C(C(=O)NCCO)C2c3ccccc3OC2C1O. The summed E-state index contributed by atoms with van der Waals surface area (Å²) >= 11 is 0. The number of hydrogen-bond donors (Lipinski definition) is 3. The molecule has 1 heterocycles. The van der Waals surface area contributed by atoms with Crippen LogP contribution in [0.2, 0.25) is 0 Å². The summed E-state index contributed by atoms with van der Waals surface area (Å²) in [6.45, 7) is 2.04. The van der Waals surface area contributed by atoms with Crippen molar-refractivity contribution >= 4 is 11.8 Å². The second-order valence-corrected chi connectivity index (χ2v) is 9.02. The minimum absolute atomic E-state index is 0.0307. The third-order valence-electron chi connectivity index (χ3n) is 6.95. The molecule has 7 nitrogen and oxygen atoms in total. The lowest BCUT2D eigenvalue weighted by atomic mass is 9.77. The van der Waals surface area contributed by atoms with Gasteiger partial charge in [0, 0.05) is 30.1 Å². The lowest BCUT2D eigenvalue weighted by molar-refractivity contribution is -0.140. The molecular weight excluding hydrogens is 408 g/mol. The number of aliphatic hydroxyl groups is 2. The number of unbranched alkanes of at least 4 members (excludes halogenated alkanes) is 1. The third-order valence-corrected chi connectivity index (χ3v) is 6.95. The predicted octanol–water partition coefficient (Wildman–Crippen LogP) is 2.27. The number of para-hydroxylation sites is 1. The van der Waals surface area contributed by atoms with Gasteiger partial charge in [-0.1, -0.05) is 44.4 Å². The molecular formula is C25H34N2O5. The number of nitrogens with one attached hydrogen (secondary N) is 1. The van der Waals surface area contributed by atoms with Crippen LogP contribution < -0.4 is 10.1 Å². The molecule has 32 heavy (non-hydrogen) atoms. The maximum absolute atomic E-state index is 13.3. The fraction of sp³-hybridized carbons (Fsp3) is 0.600. The van der Waals surface area contributed by atoms with Crippen LogP contribution in [-0.2, 0) is 9.59 Å². The first kappa shape index (κ1) is 22.8. The number of aliphatic hydroxyl groups excluding tert-OH is 2. The molecule has 1 aliphatic heterocycles. The molecule has 4 rings (SSSR count). The Kier molecular flexibility index (Phi) is 7.16. The zero-order valence-corrected chi connectivity index (χ0v) is 18.7. The van der Waals surface area contributed by atoms with Crippen molar-refractivity contribution in [2.45, 2.75) is 82.1 Å². The van der Waals surface area contributed by atoms with E-state index in [-0.39, 0.29) is 31.0 Å². The van der Waals surface area contributed by atoms with Crippen LogP contribution in [0.5, 0.6) is 5.75 Å². The van der Waals surface area contributed by atoms with E-state index in [4.69, 9.17) is 4.74 Å². The van der Waals surface area contributed by atoms with Crippen molar-refractivity contribution in [2.75, 3.05) is 13.2 Å². The van der Waals surface area contributed by atoms with Crippen LogP contribution in [0.15, 0.2) is 35.9 Å². The molecule has 2 amide bonds. The summed E-state index contributed by atoms with van der Waals surface area (Å²) in [5.74, 6) is -0.0122. The first-order chi connectivity index (χ1) is 15.6. The van der Waals surface area contributed by atoms with Crippen LogP contribution in [0, 0.1) is 0 Å². The Balaban J connectivity index is 1.73. The molecule has 7 heteroatoms.